The van der Waals surface area contributed by atoms with E-state index in [1.54, 1.807) is 11.3 Å². The van der Waals surface area contributed by atoms with Crippen molar-refractivity contribution in [2.24, 2.45) is 5.92 Å². The number of thiophene rings is 1. The minimum absolute atomic E-state index is 0.242. The van der Waals surface area contributed by atoms with Gasteiger partial charge in [-0.15, -0.1) is 11.3 Å². The molecule has 2 heterocycles. The van der Waals surface area contributed by atoms with Gasteiger partial charge in [-0.3, -0.25) is 9.69 Å². The molecule has 2 fully saturated rings. The van der Waals surface area contributed by atoms with Crippen LogP contribution in [-0.4, -0.2) is 43.7 Å². The third-order valence-electron chi connectivity index (χ3n) is 4.30. The highest BCUT2D eigenvalue weighted by atomic mass is 32.1. The van der Waals surface area contributed by atoms with Crippen LogP contribution in [0.2, 0.25) is 0 Å². The first-order valence-electron chi connectivity index (χ1n) is 7.47. The van der Waals surface area contributed by atoms with E-state index in [4.69, 9.17) is 4.74 Å². The fourth-order valence-electron chi connectivity index (χ4n) is 2.79. The summed E-state index contributed by atoms with van der Waals surface area (Å²) in [4.78, 5) is 15.8. The maximum atomic E-state index is 12.0. The summed E-state index contributed by atoms with van der Waals surface area (Å²) in [5, 5.41) is 5.26. The molecule has 1 N–H and O–H groups in total. The lowest BCUT2D eigenvalue weighted by atomic mass is 9.85. The molecule has 1 saturated carbocycles. The molecule has 1 atom stereocenters. The molecular weight excluding hydrogens is 272 g/mol. The summed E-state index contributed by atoms with van der Waals surface area (Å²) in [6.45, 7) is 4.19. The largest absolute Gasteiger partial charge is 0.379 e. The van der Waals surface area contributed by atoms with Crippen molar-refractivity contribution in [3.05, 3.63) is 22.4 Å². The minimum Gasteiger partial charge on any atom is -0.379 e. The second-order valence-corrected chi connectivity index (χ2v) is 6.53. The number of ether oxygens (including phenoxy) is 1. The first-order chi connectivity index (χ1) is 9.84. The lowest BCUT2D eigenvalue weighted by Crippen LogP contribution is -2.45. The van der Waals surface area contributed by atoms with Crippen molar-refractivity contribution in [3.63, 3.8) is 0 Å². The molecule has 1 unspecified atom stereocenters. The number of hydrogen-bond donors (Lipinski definition) is 1. The fourth-order valence-corrected chi connectivity index (χ4v) is 3.65. The molecule has 1 aromatic heterocycles. The Morgan fingerprint density at radius 1 is 1.45 bits per heavy atom. The minimum atomic E-state index is 0.242. The molecule has 1 saturated heterocycles. The molecule has 2 aliphatic rings. The smallest absolute Gasteiger partial charge is 0.223 e. The van der Waals surface area contributed by atoms with Gasteiger partial charge in [0.2, 0.25) is 5.91 Å². The van der Waals surface area contributed by atoms with Gasteiger partial charge in [-0.05, 0) is 24.3 Å². The van der Waals surface area contributed by atoms with Gasteiger partial charge in [-0.2, -0.15) is 0 Å². The van der Waals surface area contributed by atoms with E-state index in [1.165, 1.54) is 11.3 Å². The highest BCUT2D eigenvalue weighted by Gasteiger charge is 2.28. The average molecular weight is 294 g/mol. The van der Waals surface area contributed by atoms with Gasteiger partial charge in [-0.25, -0.2) is 0 Å². The van der Waals surface area contributed by atoms with Gasteiger partial charge >= 0.3 is 0 Å². The lowest BCUT2D eigenvalue weighted by molar-refractivity contribution is -0.127. The molecule has 5 heteroatoms. The summed E-state index contributed by atoms with van der Waals surface area (Å²) in [5.74, 6) is 0.509. The first kappa shape index (κ1) is 14.0. The number of nitrogens with one attached hydrogen (secondary N) is 1. The number of nitrogens with zero attached hydrogens (tertiary/aromatic N) is 1. The average Bonchev–Trinajstić information content (AvgIpc) is 2.92. The molecule has 3 rings (SSSR count). The lowest BCUT2D eigenvalue weighted by Gasteiger charge is -2.34. The molecule has 20 heavy (non-hydrogen) atoms. The Labute approximate surface area is 124 Å². The summed E-state index contributed by atoms with van der Waals surface area (Å²) < 4.78 is 5.43. The molecule has 0 aromatic carbocycles. The van der Waals surface area contributed by atoms with Crippen molar-refractivity contribution in [2.45, 2.75) is 25.3 Å². The van der Waals surface area contributed by atoms with E-state index < -0.39 is 0 Å². The molecule has 1 aromatic rings. The number of rotatable bonds is 5. The van der Waals surface area contributed by atoms with Crippen molar-refractivity contribution >= 4 is 17.2 Å². The summed E-state index contributed by atoms with van der Waals surface area (Å²) in [6, 6.07) is 4.55. The second kappa shape index (κ2) is 6.70. The maximum absolute atomic E-state index is 12.0. The molecule has 0 radical (unpaired) electrons. The van der Waals surface area contributed by atoms with Crippen LogP contribution in [0.5, 0.6) is 0 Å². The van der Waals surface area contributed by atoms with Crippen LogP contribution in [0.4, 0.5) is 0 Å². The quantitative estimate of drug-likeness (QED) is 0.903. The van der Waals surface area contributed by atoms with Gasteiger partial charge in [-0.1, -0.05) is 12.5 Å². The molecule has 0 spiro atoms. The summed E-state index contributed by atoms with van der Waals surface area (Å²) >= 11 is 1.77. The van der Waals surface area contributed by atoms with Crippen LogP contribution in [0, 0.1) is 5.92 Å². The number of hydrogen-bond acceptors (Lipinski definition) is 4. The van der Waals surface area contributed by atoms with Crippen LogP contribution in [0.15, 0.2) is 17.5 Å². The predicted octanol–water partition coefficient (Wildman–Crippen LogP) is 2.04. The molecule has 1 aliphatic heterocycles. The normalized spacial score (nSPS) is 22.2. The van der Waals surface area contributed by atoms with Gasteiger partial charge in [0.1, 0.15) is 0 Å². The van der Waals surface area contributed by atoms with Crippen molar-refractivity contribution in [2.75, 3.05) is 32.8 Å². The second-order valence-electron chi connectivity index (χ2n) is 5.55. The third kappa shape index (κ3) is 3.22. The van der Waals surface area contributed by atoms with Gasteiger partial charge in [0.05, 0.1) is 19.3 Å². The Hall–Kier alpha value is -0.910. The van der Waals surface area contributed by atoms with Crippen LogP contribution in [0.1, 0.15) is 30.2 Å². The van der Waals surface area contributed by atoms with Crippen molar-refractivity contribution in [1.29, 1.82) is 0 Å². The van der Waals surface area contributed by atoms with Crippen molar-refractivity contribution in [3.8, 4) is 0 Å². The third-order valence-corrected chi connectivity index (χ3v) is 5.28. The van der Waals surface area contributed by atoms with E-state index in [1.807, 2.05) is 0 Å². The molecule has 1 aliphatic carbocycles. The standard InChI is InChI=1S/C15H22N2O2S/c18-15(12-3-1-4-12)16-11-13(14-5-2-10-20-14)17-6-8-19-9-7-17/h2,5,10,12-13H,1,3-4,6-9,11H2,(H,16,18). The zero-order chi connectivity index (χ0) is 13.8. The zero-order valence-corrected chi connectivity index (χ0v) is 12.5. The number of carbonyl (C=O) groups is 1. The van der Waals surface area contributed by atoms with Crippen LogP contribution in [0.3, 0.4) is 0 Å². The summed E-state index contributed by atoms with van der Waals surface area (Å²) in [7, 11) is 0. The van der Waals surface area contributed by atoms with E-state index >= 15 is 0 Å². The summed E-state index contributed by atoms with van der Waals surface area (Å²) in [5.41, 5.74) is 0. The molecule has 110 valence electrons. The number of carbonyl (C=O) groups excluding carboxylic acids is 1. The highest BCUT2D eigenvalue weighted by Crippen LogP contribution is 2.28. The van der Waals surface area contributed by atoms with Gasteiger partial charge in [0, 0.05) is 30.4 Å². The first-order valence-corrected chi connectivity index (χ1v) is 8.35. The predicted molar refractivity (Wildman–Crippen MR) is 79.8 cm³/mol. The Balaban J connectivity index is 1.61. The SMILES string of the molecule is O=C(NCC(c1cccs1)N1CCOCC1)C1CCC1. The number of morpholine rings is 1. The van der Waals surface area contributed by atoms with Crippen molar-refractivity contribution < 1.29 is 9.53 Å². The van der Waals surface area contributed by atoms with Crippen LogP contribution >= 0.6 is 11.3 Å². The topological polar surface area (TPSA) is 41.6 Å². The van der Waals surface area contributed by atoms with E-state index in [2.05, 4.69) is 27.7 Å². The van der Waals surface area contributed by atoms with Gasteiger partial charge in [0.15, 0.2) is 0 Å². The number of amides is 1. The summed E-state index contributed by atoms with van der Waals surface area (Å²) in [6.07, 6.45) is 3.33. The van der Waals surface area contributed by atoms with Gasteiger partial charge in [0.25, 0.3) is 0 Å². The van der Waals surface area contributed by atoms with E-state index in [0.29, 0.717) is 6.04 Å². The van der Waals surface area contributed by atoms with Crippen LogP contribution < -0.4 is 5.32 Å². The van der Waals surface area contributed by atoms with Crippen LogP contribution in [0.25, 0.3) is 0 Å². The molecular formula is C15H22N2O2S. The zero-order valence-electron chi connectivity index (χ0n) is 11.7. The van der Waals surface area contributed by atoms with Crippen LogP contribution in [-0.2, 0) is 9.53 Å². The Morgan fingerprint density at radius 2 is 2.25 bits per heavy atom. The molecule has 0 bridgehead atoms. The Kier molecular flexibility index (Phi) is 4.70. The molecule has 4 nitrogen and oxygen atoms in total. The van der Waals surface area contributed by atoms with Crippen molar-refractivity contribution in [1.82, 2.24) is 10.2 Å². The maximum Gasteiger partial charge on any atom is 0.223 e. The Bertz CT molecular complexity index is 425. The van der Waals surface area contributed by atoms with E-state index in [0.717, 1.165) is 45.7 Å². The van der Waals surface area contributed by atoms with E-state index in [-0.39, 0.29) is 11.8 Å². The van der Waals surface area contributed by atoms with Gasteiger partial charge < -0.3 is 10.1 Å². The van der Waals surface area contributed by atoms with E-state index in [9.17, 15) is 4.79 Å². The monoisotopic (exact) mass is 294 g/mol. The molecule has 1 amide bonds. The highest BCUT2D eigenvalue weighted by molar-refractivity contribution is 7.10. The fraction of sp³-hybridized carbons (Fsp3) is 0.667. The Morgan fingerprint density at radius 3 is 2.85 bits per heavy atom.